The highest BCUT2D eigenvalue weighted by molar-refractivity contribution is 7.99. The highest BCUT2D eigenvalue weighted by Crippen LogP contribution is 2.32. The van der Waals surface area contributed by atoms with Gasteiger partial charge in [-0.1, -0.05) is 36.0 Å². The summed E-state index contributed by atoms with van der Waals surface area (Å²) in [5.41, 5.74) is 3.32. The van der Waals surface area contributed by atoms with E-state index in [9.17, 15) is 4.79 Å². The minimum Gasteiger partial charge on any atom is -0.349 e. The molecule has 0 saturated heterocycles. The third kappa shape index (κ3) is 4.50. The van der Waals surface area contributed by atoms with Gasteiger partial charge in [0.15, 0.2) is 0 Å². The van der Waals surface area contributed by atoms with Crippen molar-refractivity contribution in [3.05, 3.63) is 96.5 Å². The molecule has 0 aliphatic carbocycles. The number of hydrogen-bond acceptors (Lipinski definition) is 4. The number of carbonyl (C=O) groups is 1. The van der Waals surface area contributed by atoms with Gasteiger partial charge in [-0.05, 0) is 54.6 Å². The van der Waals surface area contributed by atoms with Crippen molar-refractivity contribution in [1.29, 1.82) is 0 Å². The highest BCUT2D eigenvalue weighted by Gasteiger charge is 2.12. The van der Waals surface area contributed by atoms with E-state index in [1.807, 2.05) is 72.8 Å². The number of aromatic amines is 1. The molecule has 0 bridgehead atoms. The van der Waals surface area contributed by atoms with Crippen LogP contribution in [0, 0.1) is 0 Å². The van der Waals surface area contributed by atoms with Crippen molar-refractivity contribution >= 4 is 40.7 Å². The van der Waals surface area contributed by atoms with Gasteiger partial charge < -0.3 is 5.32 Å². The molecule has 0 aliphatic rings. The first kappa shape index (κ1) is 19.7. The number of nitrogens with one attached hydrogen (secondary N) is 2. The number of carbonyl (C=O) groups excluding carboxylic acids is 1. The average molecular weight is 413 g/mol. The van der Waals surface area contributed by atoms with Gasteiger partial charge >= 0.3 is 0 Å². The molecule has 0 spiro atoms. The van der Waals surface area contributed by atoms with E-state index in [0.717, 1.165) is 32.1 Å². The molecule has 0 unspecified atom stereocenters. The van der Waals surface area contributed by atoms with E-state index >= 15 is 0 Å². The molecule has 0 aliphatic heterocycles. The molecule has 6 heteroatoms. The Morgan fingerprint density at radius 3 is 2.80 bits per heavy atom. The maximum absolute atomic E-state index is 12.4. The van der Waals surface area contributed by atoms with Crippen molar-refractivity contribution in [3.8, 4) is 0 Å². The number of benzene rings is 2. The van der Waals surface area contributed by atoms with Crippen molar-refractivity contribution in [3.63, 3.8) is 0 Å². The second-order valence-electron chi connectivity index (χ2n) is 6.50. The lowest BCUT2D eigenvalue weighted by molar-refractivity contribution is 0.0955. The van der Waals surface area contributed by atoms with Crippen LogP contribution in [0.1, 0.15) is 21.7 Å². The van der Waals surface area contributed by atoms with E-state index in [-0.39, 0.29) is 5.91 Å². The monoisotopic (exact) mass is 412 g/mol. The molecule has 4 aromatic rings. The van der Waals surface area contributed by atoms with Crippen LogP contribution in [0.2, 0.25) is 0 Å². The van der Waals surface area contributed by atoms with Gasteiger partial charge in [0.25, 0.3) is 5.91 Å². The molecular formula is C24H20N4OS. The van der Waals surface area contributed by atoms with Crippen molar-refractivity contribution in [2.24, 2.45) is 0 Å². The lowest BCUT2D eigenvalue weighted by Crippen LogP contribution is -2.23. The molecule has 0 radical (unpaired) electrons. The molecule has 0 saturated carbocycles. The summed E-state index contributed by atoms with van der Waals surface area (Å²) in [6.07, 6.45) is 7.32. The largest absolute Gasteiger partial charge is 0.349 e. The molecule has 2 aromatic carbocycles. The number of pyridine rings is 1. The maximum atomic E-state index is 12.4. The van der Waals surface area contributed by atoms with Crippen molar-refractivity contribution in [2.45, 2.75) is 9.79 Å². The van der Waals surface area contributed by atoms with Gasteiger partial charge in [-0.25, -0.2) is 0 Å². The predicted octanol–water partition coefficient (Wildman–Crippen LogP) is 5.20. The summed E-state index contributed by atoms with van der Waals surface area (Å²) in [4.78, 5) is 18.6. The summed E-state index contributed by atoms with van der Waals surface area (Å²) < 4.78 is 0. The topological polar surface area (TPSA) is 70.7 Å². The Hall–Kier alpha value is -3.64. The molecule has 5 nitrogen and oxygen atoms in total. The van der Waals surface area contributed by atoms with Crippen molar-refractivity contribution < 1.29 is 4.79 Å². The molecule has 148 valence electrons. The maximum Gasteiger partial charge on any atom is 0.252 e. The van der Waals surface area contributed by atoms with Gasteiger partial charge in [-0.2, -0.15) is 5.10 Å². The van der Waals surface area contributed by atoms with Crippen LogP contribution in [-0.2, 0) is 0 Å². The third-order valence-electron chi connectivity index (χ3n) is 4.43. The summed E-state index contributed by atoms with van der Waals surface area (Å²) in [5.74, 6) is -0.109. The zero-order valence-electron chi connectivity index (χ0n) is 16.2. The first-order valence-electron chi connectivity index (χ1n) is 9.48. The van der Waals surface area contributed by atoms with Crippen LogP contribution >= 0.6 is 11.8 Å². The first-order valence-corrected chi connectivity index (χ1v) is 10.3. The molecule has 2 N–H and O–H groups in total. The Bertz CT molecular complexity index is 1210. The van der Waals surface area contributed by atoms with E-state index in [0.29, 0.717) is 12.1 Å². The van der Waals surface area contributed by atoms with Crippen LogP contribution in [0.5, 0.6) is 0 Å². The lowest BCUT2D eigenvalue weighted by Gasteiger charge is -2.09. The van der Waals surface area contributed by atoms with Crippen molar-refractivity contribution in [1.82, 2.24) is 20.5 Å². The van der Waals surface area contributed by atoms with Gasteiger partial charge in [0.1, 0.15) is 0 Å². The summed E-state index contributed by atoms with van der Waals surface area (Å²) >= 11 is 1.55. The van der Waals surface area contributed by atoms with Crippen molar-refractivity contribution in [2.75, 3.05) is 6.54 Å². The van der Waals surface area contributed by atoms with E-state index in [1.54, 1.807) is 24.0 Å². The first-order chi connectivity index (χ1) is 14.7. The number of hydrogen-bond donors (Lipinski definition) is 2. The van der Waals surface area contributed by atoms with Crippen LogP contribution in [0.4, 0.5) is 0 Å². The fraction of sp³-hybridized carbons (Fsp3) is 0.0417. The quantitative estimate of drug-likeness (QED) is 0.410. The van der Waals surface area contributed by atoms with Crippen LogP contribution < -0.4 is 5.32 Å². The third-order valence-corrected chi connectivity index (χ3v) is 5.50. The SMILES string of the molecule is C=CCNC(=O)c1ccccc1Sc1ccc2c(C=Cc3ccccn3)n[nH]c2c1. The molecule has 2 heterocycles. The van der Waals surface area contributed by atoms with Crippen LogP contribution in [0.25, 0.3) is 23.1 Å². The smallest absolute Gasteiger partial charge is 0.252 e. The highest BCUT2D eigenvalue weighted by atomic mass is 32.2. The second kappa shape index (κ2) is 9.24. The number of aromatic nitrogens is 3. The van der Waals surface area contributed by atoms with Gasteiger partial charge in [-0.3, -0.25) is 14.9 Å². The number of H-pyrrole nitrogens is 1. The average Bonchev–Trinajstić information content (AvgIpc) is 3.19. The number of nitrogens with zero attached hydrogens (tertiary/aromatic N) is 2. The predicted molar refractivity (Wildman–Crippen MR) is 122 cm³/mol. The summed E-state index contributed by atoms with van der Waals surface area (Å²) in [6, 6.07) is 19.5. The van der Waals surface area contributed by atoms with E-state index in [1.165, 1.54) is 0 Å². The van der Waals surface area contributed by atoms with E-state index < -0.39 is 0 Å². The Morgan fingerprint density at radius 2 is 1.97 bits per heavy atom. The van der Waals surface area contributed by atoms with Gasteiger partial charge in [-0.15, -0.1) is 6.58 Å². The Morgan fingerprint density at radius 1 is 1.10 bits per heavy atom. The number of fused-ring (bicyclic) bond motifs is 1. The minimum absolute atomic E-state index is 0.109. The summed E-state index contributed by atoms with van der Waals surface area (Å²) in [6.45, 7) is 4.08. The fourth-order valence-electron chi connectivity index (χ4n) is 2.98. The summed E-state index contributed by atoms with van der Waals surface area (Å²) in [5, 5.41) is 11.4. The molecular weight excluding hydrogens is 392 g/mol. The van der Waals surface area contributed by atoms with Crippen LogP contribution in [-0.4, -0.2) is 27.6 Å². The van der Waals surface area contributed by atoms with E-state index in [4.69, 9.17) is 0 Å². The Balaban J connectivity index is 1.56. The molecule has 0 fully saturated rings. The molecule has 2 aromatic heterocycles. The van der Waals surface area contributed by atoms with Gasteiger partial charge in [0, 0.05) is 27.9 Å². The van der Waals surface area contributed by atoms with Crippen LogP contribution in [0.15, 0.2) is 89.3 Å². The van der Waals surface area contributed by atoms with Crippen LogP contribution in [0.3, 0.4) is 0 Å². The summed E-state index contributed by atoms with van der Waals surface area (Å²) in [7, 11) is 0. The number of amides is 1. The standard InChI is InChI=1S/C24H20N4OS/c1-2-14-26-24(29)20-8-3-4-9-23(20)30-18-11-12-19-21(27-28-22(19)16-18)13-10-17-7-5-6-15-25-17/h2-13,15-16H,1,14H2,(H,26,29)(H,27,28). The normalized spacial score (nSPS) is 11.1. The molecule has 0 atom stereocenters. The molecule has 1 amide bonds. The molecule has 4 rings (SSSR count). The second-order valence-corrected chi connectivity index (χ2v) is 7.62. The minimum atomic E-state index is -0.109. The zero-order chi connectivity index (χ0) is 20.8. The Kier molecular flexibility index (Phi) is 6.06. The van der Waals surface area contributed by atoms with Gasteiger partial charge in [0.05, 0.1) is 22.5 Å². The molecule has 30 heavy (non-hydrogen) atoms. The van der Waals surface area contributed by atoms with E-state index in [2.05, 4.69) is 27.1 Å². The zero-order valence-corrected chi connectivity index (χ0v) is 17.0. The lowest BCUT2D eigenvalue weighted by atomic mass is 10.2. The fourth-order valence-corrected chi connectivity index (χ4v) is 3.96. The Labute approximate surface area is 178 Å². The number of rotatable bonds is 7. The van der Waals surface area contributed by atoms with Gasteiger partial charge in [0.2, 0.25) is 0 Å².